The van der Waals surface area contributed by atoms with Gasteiger partial charge in [0.2, 0.25) is 0 Å². The van der Waals surface area contributed by atoms with E-state index in [-0.39, 0.29) is 5.78 Å². The Labute approximate surface area is 169 Å². The van der Waals surface area contributed by atoms with Crippen molar-refractivity contribution >= 4 is 23.8 Å². The SMILES string of the molecule is O=C(/C=C/c1cccc(/C=C/C(=O)c2ccccc2CN2CCNCC2)n1)NO. The topological polar surface area (TPSA) is 94.6 Å². The third kappa shape index (κ3) is 6.18. The number of nitrogens with one attached hydrogen (secondary N) is 2. The monoisotopic (exact) mass is 392 g/mol. The molecule has 0 aliphatic carbocycles. The lowest BCUT2D eigenvalue weighted by atomic mass is 10.0. The molecule has 0 spiro atoms. The number of pyridine rings is 1. The number of hydroxylamine groups is 1. The van der Waals surface area contributed by atoms with E-state index in [2.05, 4.69) is 15.2 Å². The quantitative estimate of drug-likeness (QED) is 0.288. The maximum atomic E-state index is 12.8. The Morgan fingerprint density at radius 1 is 1.03 bits per heavy atom. The van der Waals surface area contributed by atoms with Gasteiger partial charge in [-0.15, -0.1) is 0 Å². The van der Waals surface area contributed by atoms with Gasteiger partial charge in [0, 0.05) is 44.4 Å². The summed E-state index contributed by atoms with van der Waals surface area (Å²) in [6.07, 6.45) is 5.83. The molecule has 1 amide bonds. The number of aromatic nitrogens is 1. The van der Waals surface area contributed by atoms with Crippen molar-refractivity contribution in [2.45, 2.75) is 6.54 Å². The molecule has 1 fully saturated rings. The molecule has 7 heteroatoms. The van der Waals surface area contributed by atoms with E-state index in [4.69, 9.17) is 5.21 Å². The van der Waals surface area contributed by atoms with Crippen LogP contribution >= 0.6 is 0 Å². The second-order valence-corrected chi connectivity index (χ2v) is 6.68. The summed E-state index contributed by atoms with van der Waals surface area (Å²) in [5.74, 6) is -0.706. The first kappa shape index (κ1) is 20.6. The highest BCUT2D eigenvalue weighted by Crippen LogP contribution is 2.14. The maximum Gasteiger partial charge on any atom is 0.267 e. The van der Waals surface area contributed by atoms with Crippen molar-refractivity contribution in [3.63, 3.8) is 0 Å². The highest BCUT2D eigenvalue weighted by atomic mass is 16.5. The Kier molecular flexibility index (Phi) is 7.40. The van der Waals surface area contributed by atoms with Gasteiger partial charge in [-0.1, -0.05) is 30.3 Å². The molecule has 1 aromatic carbocycles. The molecule has 7 nitrogen and oxygen atoms in total. The molecule has 0 saturated carbocycles. The van der Waals surface area contributed by atoms with Crippen LogP contribution in [-0.2, 0) is 11.3 Å². The molecule has 1 aliphatic rings. The summed E-state index contributed by atoms with van der Waals surface area (Å²) >= 11 is 0. The smallest absolute Gasteiger partial charge is 0.267 e. The lowest BCUT2D eigenvalue weighted by molar-refractivity contribution is -0.124. The maximum absolute atomic E-state index is 12.8. The Balaban J connectivity index is 1.71. The summed E-state index contributed by atoms with van der Waals surface area (Å²) in [6.45, 7) is 4.62. The van der Waals surface area contributed by atoms with Crippen molar-refractivity contribution in [1.29, 1.82) is 0 Å². The largest absolute Gasteiger partial charge is 0.314 e. The van der Waals surface area contributed by atoms with Crippen LogP contribution in [0.3, 0.4) is 0 Å². The van der Waals surface area contributed by atoms with Gasteiger partial charge < -0.3 is 5.32 Å². The fourth-order valence-corrected chi connectivity index (χ4v) is 3.11. The number of amides is 1. The average molecular weight is 392 g/mol. The summed E-state index contributed by atoms with van der Waals surface area (Å²) in [7, 11) is 0. The van der Waals surface area contributed by atoms with Gasteiger partial charge in [-0.3, -0.25) is 19.7 Å². The summed E-state index contributed by atoms with van der Waals surface area (Å²) in [4.78, 5) is 30.6. The predicted octanol–water partition coefficient (Wildman–Crippen LogP) is 1.90. The van der Waals surface area contributed by atoms with Gasteiger partial charge in [-0.05, 0) is 35.9 Å². The summed E-state index contributed by atoms with van der Waals surface area (Å²) in [5.41, 5.74) is 4.38. The van der Waals surface area contributed by atoms with E-state index < -0.39 is 5.91 Å². The first-order valence-corrected chi connectivity index (χ1v) is 9.48. The molecule has 0 radical (unpaired) electrons. The highest BCUT2D eigenvalue weighted by molar-refractivity contribution is 6.07. The third-order valence-corrected chi connectivity index (χ3v) is 4.60. The van der Waals surface area contributed by atoms with Gasteiger partial charge in [0.1, 0.15) is 0 Å². The number of ketones is 1. The van der Waals surface area contributed by atoms with Crippen molar-refractivity contribution in [3.05, 3.63) is 77.1 Å². The molecule has 0 atom stereocenters. The molecule has 3 rings (SSSR count). The van der Waals surface area contributed by atoms with Gasteiger partial charge in [0.25, 0.3) is 5.91 Å². The van der Waals surface area contributed by atoms with E-state index in [9.17, 15) is 9.59 Å². The zero-order valence-electron chi connectivity index (χ0n) is 16.0. The van der Waals surface area contributed by atoms with Crippen LogP contribution in [0.25, 0.3) is 12.2 Å². The zero-order chi connectivity index (χ0) is 20.5. The Morgan fingerprint density at radius 2 is 1.72 bits per heavy atom. The third-order valence-electron chi connectivity index (χ3n) is 4.60. The van der Waals surface area contributed by atoms with Crippen LogP contribution in [0.15, 0.2) is 54.6 Å². The van der Waals surface area contributed by atoms with Crippen molar-refractivity contribution in [3.8, 4) is 0 Å². The molecule has 1 saturated heterocycles. The van der Waals surface area contributed by atoms with Gasteiger partial charge in [0.15, 0.2) is 5.78 Å². The van der Waals surface area contributed by atoms with Crippen LogP contribution in [0.2, 0.25) is 0 Å². The first-order valence-electron chi connectivity index (χ1n) is 9.48. The van der Waals surface area contributed by atoms with Crippen LogP contribution in [0.1, 0.15) is 27.3 Å². The molecule has 2 heterocycles. The second-order valence-electron chi connectivity index (χ2n) is 6.68. The summed E-state index contributed by atoms with van der Waals surface area (Å²) < 4.78 is 0. The molecule has 1 aromatic heterocycles. The van der Waals surface area contributed by atoms with Gasteiger partial charge in [0.05, 0.1) is 11.4 Å². The lowest BCUT2D eigenvalue weighted by Gasteiger charge is -2.27. The van der Waals surface area contributed by atoms with Gasteiger partial charge in [-0.25, -0.2) is 10.5 Å². The average Bonchev–Trinajstić information content (AvgIpc) is 2.77. The lowest BCUT2D eigenvalue weighted by Crippen LogP contribution is -2.43. The van der Waals surface area contributed by atoms with Crippen LogP contribution in [0, 0.1) is 0 Å². The number of carbonyl (C=O) groups excluding carboxylic acids is 2. The van der Waals surface area contributed by atoms with Crippen molar-refractivity contribution in [2.75, 3.05) is 26.2 Å². The van der Waals surface area contributed by atoms with Crippen molar-refractivity contribution < 1.29 is 14.8 Å². The Bertz CT molecular complexity index is 918. The highest BCUT2D eigenvalue weighted by Gasteiger charge is 2.14. The Hall–Kier alpha value is -3.13. The fraction of sp³-hybridized carbons (Fsp3) is 0.227. The molecular formula is C22H24N4O3. The molecule has 29 heavy (non-hydrogen) atoms. The van der Waals surface area contributed by atoms with Crippen molar-refractivity contribution in [2.24, 2.45) is 0 Å². The number of hydrogen-bond acceptors (Lipinski definition) is 6. The van der Waals surface area contributed by atoms with E-state index in [1.165, 1.54) is 23.7 Å². The standard InChI is InChI=1S/C22H24N4O3/c27-21(10-8-18-5-3-6-19(24-18)9-11-22(28)25-29)20-7-2-1-4-17(20)16-26-14-12-23-13-15-26/h1-11,23,29H,12-16H2,(H,25,28)/b10-8+,11-9+. The van der Waals surface area contributed by atoms with E-state index in [1.807, 2.05) is 24.3 Å². The molecule has 150 valence electrons. The van der Waals surface area contributed by atoms with Crippen LogP contribution < -0.4 is 10.8 Å². The number of allylic oxidation sites excluding steroid dienone is 1. The minimum atomic E-state index is -0.635. The summed E-state index contributed by atoms with van der Waals surface area (Å²) in [6, 6.07) is 13.0. The number of hydrogen-bond donors (Lipinski definition) is 3. The van der Waals surface area contributed by atoms with Gasteiger partial charge >= 0.3 is 0 Å². The van der Waals surface area contributed by atoms with Crippen LogP contribution in [0.4, 0.5) is 0 Å². The van der Waals surface area contributed by atoms with E-state index in [0.717, 1.165) is 38.3 Å². The number of nitrogens with zero attached hydrogens (tertiary/aromatic N) is 2. The second kappa shape index (κ2) is 10.4. The molecule has 3 N–H and O–H groups in total. The fourth-order valence-electron chi connectivity index (χ4n) is 3.11. The minimum absolute atomic E-state index is 0.0712. The van der Waals surface area contributed by atoms with Crippen LogP contribution in [0.5, 0.6) is 0 Å². The Morgan fingerprint density at radius 3 is 2.45 bits per heavy atom. The number of piperazine rings is 1. The molecular weight excluding hydrogens is 368 g/mol. The first-order chi connectivity index (χ1) is 14.2. The van der Waals surface area contributed by atoms with Crippen molar-refractivity contribution in [1.82, 2.24) is 20.7 Å². The number of rotatable bonds is 7. The minimum Gasteiger partial charge on any atom is -0.314 e. The zero-order valence-corrected chi connectivity index (χ0v) is 16.0. The summed E-state index contributed by atoms with van der Waals surface area (Å²) in [5, 5.41) is 11.9. The number of carbonyl (C=O) groups is 2. The number of benzene rings is 1. The molecule has 0 bridgehead atoms. The molecule has 2 aromatic rings. The van der Waals surface area contributed by atoms with Crippen LogP contribution in [-0.4, -0.2) is 53.0 Å². The molecule has 0 unspecified atom stereocenters. The normalized spacial score (nSPS) is 15.1. The van der Waals surface area contributed by atoms with E-state index >= 15 is 0 Å². The van der Waals surface area contributed by atoms with E-state index in [0.29, 0.717) is 17.0 Å². The predicted molar refractivity (Wildman–Crippen MR) is 111 cm³/mol. The van der Waals surface area contributed by atoms with E-state index in [1.54, 1.807) is 24.3 Å². The molecule has 1 aliphatic heterocycles. The van der Waals surface area contributed by atoms with Gasteiger partial charge in [-0.2, -0.15) is 0 Å².